The maximum Gasteiger partial charge on any atom is 0.284 e. The maximum absolute atomic E-state index is 14.3. The standard InChI is InChI=1S/C42H47F2N11O5S/c43-39(44)37-33(47-42(59)30-17-45-54-11-10-34(48-40(30)54)53-19-27-16-26(53)22-60-27)20-55(50-37)25-6-4-24(5-7-25)18-51-12-14-52(15-13-51)21-36(57)46-32-3-1-2-28-31(23-61-38(28)32)29-8-9-35(56)49-41(29)58/h1-3,10-11,17,20,23-27,29,39H,4-9,12-16,18-19,21-22H2,(H,46,57)(H,47,59)(H,49,56,58). The quantitative estimate of drug-likeness (QED) is 0.156. The van der Waals surface area contributed by atoms with Crippen molar-refractivity contribution >= 4 is 67.9 Å². The summed E-state index contributed by atoms with van der Waals surface area (Å²) in [6, 6.07) is 7.76. The van der Waals surface area contributed by atoms with Crippen LogP contribution in [0.2, 0.25) is 0 Å². The highest BCUT2D eigenvalue weighted by atomic mass is 32.1. The number of alkyl halides is 2. The molecule has 4 aromatic heterocycles. The largest absolute Gasteiger partial charge is 0.374 e. The molecule has 10 rings (SSSR count). The predicted octanol–water partition coefficient (Wildman–Crippen LogP) is 4.82. The summed E-state index contributed by atoms with van der Waals surface area (Å²) in [7, 11) is 0. The van der Waals surface area contributed by atoms with E-state index in [1.807, 2.05) is 29.6 Å². The first kappa shape index (κ1) is 39.7. The highest BCUT2D eigenvalue weighted by Crippen LogP contribution is 2.39. The van der Waals surface area contributed by atoms with Crippen LogP contribution < -0.4 is 20.9 Å². The summed E-state index contributed by atoms with van der Waals surface area (Å²) in [5, 5.41) is 19.7. The third kappa shape index (κ3) is 7.99. The maximum atomic E-state index is 14.3. The van der Waals surface area contributed by atoms with E-state index >= 15 is 0 Å². The number of fused-ring (bicyclic) bond motifs is 4. The molecule has 3 unspecified atom stereocenters. The van der Waals surface area contributed by atoms with Crippen molar-refractivity contribution in [3.8, 4) is 0 Å². The van der Waals surface area contributed by atoms with Gasteiger partial charge < -0.3 is 25.2 Å². The molecule has 3 atom stereocenters. The summed E-state index contributed by atoms with van der Waals surface area (Å²) in [6.45, 7) is 5.83. The number of aromatic nitrogens is 5. The fourth-order valence-electron chi connectivity index (χ4n) is 9.82. The van der Waals surface area contributed by atoms with Gasteiger partial charge in [0.25, 0.3) is 12.3 Å². The van der Waals surface area contributed by atoms with Gasteiger partial charge >= 0.3 is 0 Å². The summed E-state index contributed by atoms with van der Waals surface area (Å²) in [5.74, 6) is -0.376. The minimum atomic E-state index is -2.87. The van der Waals surface area contributed by atoms with Crippen LogP contribution in [0, 0.1) is 5.92 Å². The molecule has 0 spiro atoms. The number of thiophene rings is 1. The zero-order chi connectivity index (χ0) is 41.8. The highest BCUT2D eigenvalue weighted by molar-refractivity contribution is 7.18. The molecule has 19 heteroatoms. The molecule has 0 radical (unpaired) electrons. The van der Waals surface area contributed by atoms with E-state index < -0.39 is 18.0 Å². The minimum Gasteiger partial charge on any atom is -0.374 e. The third-order valence-corrected chi connectivity index (χ3v) is 14.1. The molecule has 1 aliphatic carbocycles. The Hall–Kier alpha value is -5.37. The Kier molecular flexibility index (Phi) is 10.7. The van der Waals surface area contributed by atoms with E-state index in [0.717, 1.165) is 98.5 Å². The SMILES string of the molecule is O=C1CCC(c2csc3c(NC(=O)CN4CCN(CC5CCC(n6cc(NC(=O)c7cnn8ccc(N9CC%10CC9CO%10)nc78)c(C(F)F)n6)CC5)CC4)cccc23)C(=O)N1. The number of hydrogen-bond donors (Lipinski definition) is 3. The average Bonchev–Trinajstić information content (AvgIpc) is 4.11. The Morgan fingerprint density at radius 2 is 1.80 bits per heavy atom. The van der Waals surface area contributed by atoms with E-state index in [1.165, 1.54) is 28.2 Å². The van der Waals surface area contributed by atoms with Gasteiger partial charge in [0.2, 0.25) is 17.7 Å². The molecule has 4 amide bonds. The van der Waals surface area contributed by atoms with E-state index in [-0.39, 0.29) is 59.6 Å². The van der Waals surface area contributed by atoms with Crippen LogP contribution >= 0.6 is 11.3 Å². The Morgan fingerprint density at radius 3 is 2.56 bits per heavy atom. The number of piperazine rings is 1. The molecular formula is C42H47F2N11O5S. The number of nitrogens with zero attached hydrogens (tertiary/aromatic N) is 8. The molecule has 2 bridgehead atoms. The molecule has 5 aromatic rings. The van der Waals surface area contributed by atoms with Gasteiger partial charge in [0.1, 0.15) is 11.4 Å². The highest BCUT2D eigenvalue weighted by Gasteiger charge is 2.40. The number of carbonyl (C=O) groups excluding carboxylic acids is 4. The lowest BCUT2D eigenvalue weighted by Gasteiger charge is -2.38. The smallest absolute Gasteiger partial charge is 0.284 e. The van der Waals surface area contributed by atoms with Crippen molar-refractivity contribution in [2.24, 2.45) is 5.92 Å². The molecule has 320 valence electrons. The third-order valence-electron chi connectivity index (χ3n) is 13.1. The van der Waals surface area contributed by atoms with E-state index in [9.17, 15) is 28.0 Å². The summed E-state index contributed by atoms with van der Waals surface area (Å²) in [6.07, 6.45) is 7.17. The molecule has 5 aliphatic rings. The van der Waals surface area contributed by atoms with Gasteiger partial charge in [0.15, 0.2) is 11.3 Å². The second kappa shape index (κ2) is 16.5. The molecule has 16 nitrogen and oxygen atoms in total. The Morgan fingerprint density at radius 1 is 0.984 bits per heavy atom. The van der Waals surface area contributed by atoms with Gasteiger partial charge in [0, 0.05) is 58.1 Å². The number of carbonyl (C=O) groups is 4. The van der Waals surface area contributed by atoms with Gasteiger partial charge in [-0.05, 0) is 72.9 Å². The molecule has 5 fully saturated rings. The summed E-state index contributed by atoms with van der Waals surface area (Å²) >= 11 is 1.49. The van der Waals surface area contributed by atoms with Crippen molar-refractivity contribution in [3.05, 3.63) is 65.1 Å². The number of hydrogen-bond acceptors (Lipinski definition) is 12. The van der Waals surface area contributed by atoms with Crippen LogP contribution in [-0.2, 0) is 19.1 Å². The topological polar surface area (TPSA) is 171 Å². The molecular weight excluding hydrogens is 809 g/mol. The van der Waals surface area contributed by atoms with Crippen LogP contribution in [0.3, 0.4) is 0 Å². The normalized spacial score (nSPS) is 24.9. The van der Waals surface area contributed by atoms with Gasteiger partial charge in [-0.3, -0.25) is 34.1 Å². The monoisotopic (exact) mass is 855 g/mol. The number of piperidine rings is 1. The zero-order valence-corrected chi connectivity index (χ0v) is 34.3. The number of benzene rings is 1. The summed E-state index contributed by atoms with van der Waals surface area (Å²) in [5.41, 5.74) is 1.68. The molecule has 8 heterocycles. The predicted molar refractivity (Wildman–Crippen MR) is 223 cm³/mol. The summed E-state index contributed by atoms with van der Waals surface area (Å²) < 4.78 is 38.3. The van der Waals surface area contributed by atoms with E-state index in [4.69, 9.17) is 9.72 Å². The fraction of sp³-hybridized carbons (Fsp3) is 0.500. The van der Waals surface area contributed by atoms with Crippen molar-refractivity contribution in [2.45, 2.75) is 75.5 Å². The van der Waals surface area contributed by atoms with Crippen molar-refractivity contribution in [3.63, 3.8) is 0 Å². The molecule has 4 saturated heterocycles. The van der Waals surface area contributed by atoms with Gasteiger partial charge in [-0.15, -0.1) is 11.3 Å². The fourth-order valence-corrected chi connectivity index (χ4v) is 10.9. The lowest BCUT2D eigenvalue weighted by Crippen LogP contribution is -2.49. The first-order valence-corrected chi connectivity index (χ1v) is 22.0. The first-order chi connectivity index (χ1) is 29.6. The van der Waals surface area contributed by atoms with Crippen LogP contribution in [0.15, 0.2) is 48.2 Å². The Bertz CT molecular complexity index is 2490. The van der Waals surface area contributed by atoms with Gasteiger partial charge in [-0.2, -0.15) is 10.2 Å². The van der Waals surface area contributed by atoms with Crippen LogP contribution in [-0.4, -0.2) is 122 Å². The number of nitrogens with one attached hydrogen (secondary N) is 3. The van der Waals surface area contributed by atoms with Gasteiger partial charge in [0.05, 0.1) is 59.5 Å². The van der Waals surface area contributed by atoms with Gasteiger partial charge in [-0.1, -0.05) is 12.1 Å². The number of halogens is 2. The number of ether oxygens (including phenoxy) is 1. The minimum absolute atomic E-state index is 0.0133. The number of anilines is 3. The molecule has 4 aliphatic heterocycles. The number of amides is 4. The Labute approximate surface area is 353 Å². The van der Waals surface area contributed by atoms with E-state index in [0.29, 0.717) is 31.0 Å². The first-order valence-electron chi connectivity index (χ1n) is 21.1. The number of imide groups is 1. The summed E-state index contributed by atoms with van der Waals surface area (Å²) in [4.78, 5) is 62.5. The second-order valence-electron chi connectivity index (χ2n) is 16.9. The van der Waals surface area contributed by atoms with Crippen molar-refractivity contribution < 1.29 is 32.7 Å². The van der Waals surface area contributed by atoms with Crippen LogP contribution in [0.4, 0.5) is 26.0 Å². The molecule has 1 aromatic carbocycles. The van der Waals surface area contributed by atoms with Crippen molar-refractivity contribution in [1.82, 2.24) is 39.5 Å². The second-order valence-corrected chi connectivity index (χ2v) is 17.8. The van der Waals surface area contributed by atoms with Crippen LogP contribution in [0.1, 0.15) is 84.9 Å². The van der Waals surface area contributed by atoms with E-state index in [2.05, 4.69) is 40.8 Å². The van der Waals surface area contributed by atoms with Crippen LogP contribution in [0.5, 0.6) is 0 Å². The van der Waals surface area contributed by atoms with Crippen LogP contribution in [0.25, 0.3) is 15.7 Å². The zero-order valence-electron chi connectivity index (χ0n) is 33.5. The lowest BCUT2D eigenvalue weighted by atomic mass is 9.85. The Balaban J connectivity index is 0.699. The molecule has 3 N–H and O–H groups in total. The lowest BCUT2D eigenvalue weighted by molar-refractivity contribution is -0.134. The van der Waals surface area contributed by atoms with Crippen molar-refractivity contribution in [2.75, 3.05) is 68.0 Å². The number of morpholine rings is 1. The van der Waals surface area contributed by atoms with Crippen molar-refractivity contribution in [1.29, 1.82) is 0 Å². The average molecular weight is 856 g/mol. The number of rotatable bonds is 11. The van der Waals surface area contributed by atoms with Gasteiger partial charge in [-0.25, -0.2) is 18.3 Å². The van der Waals surface area contributed by atoms with E-state index in [1.54, 1.807) is 10.9 Å². The molecule has 61 heavy (non-hydrogen) atoms. The molecule has 1 saturated carbocycles.